The molecule has 34 heavy (non-hydrogen) atoms. The van der Waals surface area contributed by atoms with Crippen LogP contribution in [0.1, 0.15) is 218 Å². The van der Waals surface area contributed by atoms with Gasteiger partial charge < -0.3 is 0 Å². The van der Waals surface area contributed by atoms with Gasteiger partial charge in [-0.05, 0) is 0 Å². The molecule has 1 aliphatic carbocycles. The second kappa shape index (κ2) is 29.2. The SMILES string of the molecule is C1CCCCCCCCCCCCCCCCCCCCCCCCCCCCCCCCC1. The maximum Gasteiger partial charge on any atom is -0.0533 e. The van der Waals surface area contributed by atoms with Crippen LogP contribution in [0.15, 0.2) is 0 Å². The summed E-state index contributed by atoms with van der Waals surface area (Å²) in [6.45, 7) is 0. The molecule has 0 spiro atoms. The Bertz CT molecular complexity index is 173. The van der Waals surface area contributed by atoms with Crippen LogP contribution in [0.4, 0.5) is 0 Å². The molecule has 204 valence electrons. The predicted molar refractivity (Wildman–Crippen MR) is 157 cm³/mol. The van der Waals surface area contributed by atoms with Gasteiger partial charge in [0.05, 0.1) is 0 Å². The third-order valence-corrected chi connectivity index (χ3v) is 8.50. The van der Waals surface area contributed by atoms with Gasteiger partial charge in [0.1, 0.15) is 0 Å². The fraction of sp³-hybridized carbons (Fsp3) is 1.00. The fourth-order valence-electron chi connectivity index (χ4n) is 6.01. The maximum atomic E-state index is 1.50. The summed E-state index contributed by atoms with van der Waals surface area (Å²) in [4.78, 5) is 0. The van der Waals surface area contributed by atoms with Gasteiger partial charge >= 0.3 is 0 Å². The van der Waals surface area contributed by atoms with Gasteiger partial charge in [-0.25, -0.2) is 0 Å². The second-order valence-corrected chi connectivity index (χ2v) is 12.0. The Morgan fingerprint density at radius 1 is 0.0588 bits per heavy atom. The summed E-state index contributed by atoms with van der Waals surface area (Å²) >= 11 is 0. The van der Waals surface area contributed by atoms with Crippen molar-refractivity contribution < 1.29 is 0 Å². The van der Waals surface area contributed by atoms with Crippen LogP contribution in [0.5, 0.6) is 0 Å². The Balaban J connectivity index is 2.00. The van der Waals surface area contributed by atoms with Crippen LogP contribution in [-0.4, -0.2) is 0 Å². The van der Waals surface area contributed by atoms with E-state index in [0.717, 1.165) is 0 Å². The standard InChI is InChI=1S/C34H68/c1-2-4-6-8-10-12-14-16-18-20-22-24-26-28-30-32-34-33-31-29-27-25-23-21-19-17-15-13-11-9-7-5-3-1/h1-34H2. The molecule has 0 unspecified atom stereocenters. The molecule has 0 N–H and O–H groups in total. The molecule has 0 amide bonds. The maximum absolute atomic E-state index is 1.50. The lowest BCUT2D eigenvalue weighted by molar-refractivity contribution is 0.504. The highest BCUT2D eigenvalue weighted by atomic mass is 14.0. The third-order valence-electron chi connectivity index (χ3n) is 8.50. The van der Waals surface area contributed by atoms with Crippen LogP contribution in [0.2, 0.25) is 0 Å². The van der Waals surface area contributed by atoms with Crippen molar-refractivity contribution in [3.8, 4) is 0 Å². The molecule has 0 radical (unpaired) electrons. The van der Waals surface area contributed by atoms with E-state index in [9.17, 15) is 0 Å². The van der Waals surface area contributed by atoms with Crippen LogP contribution in [0, 0.1) is 0 Å². The van der Waals surface area contributed by atoms with E-state index in [2.05, 4.69) is 0 Å². The van der Waals surface area contributed by atoms with Crippen molar-refractivity contribution in [1.29, 1.82) is 0 Å². The fourth-order valence-corrected chi connectivity index (χ4v) is 6.01. The van der Waals surface area contributed by atoms with Gasteiger partial charge in [0, 0.05) is 0 Å². The highest BCUT2D eigenvalue weighted by Crippen LogP contribution is 2.18. The monoisotopic (exact) mass is 477 g/mol. The van der Waals surface area contributed by atoms with E-state index in [1.807, 2.05) is 0 Å². The minimum Gasteiger partial charge on any atom is -0.0533 e. The Morgan fingerprint density at radius 2 is 0.0882 bits per heavy atom. The lowest BCUT2D eigenvalue weighted by atomic mass is 10.0. The molecule has 0 aromatic heterocycles. The van der Waals surface area contributed by atoms with Gasteiger partial charge in [-0.1, -0.05) is 218 Å². The van der Waals surface area contributed by atoms with Crippen LogP contribution in [-0.2, 0) is 0 Å². The molecule has 1 rings (SSSR count). The van der Waals surface area contributed by atoms with Crippen LogP contribution < -0.4 is 0 Å². The van der Waals surface area contributed by atoms with E-state index in [1.165, 1.54) is 218 Å². The summed E-state index contributed by atoms with van der Waals surface area (Å²) in [7, 11) is 0. The zero-order valence-corrected chi connectivity index (χ0v) is 24.0. The lowest BCUT2D eigenvalue weighted by Crippen LogP contribution is -1.85. The second-order valence-electron chi connectivity index (χ2n) is 12.0. The summed E-state index contributed by atoms with van der Waals surface area (Å²) in [6, 6.07) is 0. The van der Waals surface area contributed by atoms with Gasteiger partial charge in [-0.2, -0.15) is 0 Å². The number of hydrogen-bond acceptors (Lipinski definition) is 0. The Labute approximate surface area is 218 Å². The zero-order chi connectivity index (χ0) is 24.0. The summed E-state index contributed by atoms with van der Waals surface area (Å²) in [6.07, 6.45) is 51.0. The molecule has 0 heterocycles. The molecule has 1 saturated carbocycles. The quantitative estimate of drug-likeness (QED) is 0.326. The first-order chi connectivity index (χ1) is 17.0. The molecule has 1 fully saturated rings. The van der Waals surface area contributed by atoms with Crippen LogP contribution in [0.3, 0.4) is 0 Å². The van der Waals surface area contributed by atoms with Crippen molar-refractivity contribution in [1.82, 2.24) is 0 Å². The van der Waals surface area contributed by atoms with E-state index in [0.29, 0.717) is 0 Å². The minimum atomic E-state index is 1.50. The van der Waals surface area contributed by atoms with Crippen molar-refractivity contribution in [2.75, 3.05) is 0 Å². The van der Waals surface area contributed by atoms with E-state index < -0.39 is 0 Å². The van der Waals surface area contributed by atoms with Gasteiger partial charge in [-0.3, -0.25) is 0 Å². The van der Waals surface area contributed by atoms with Gasteiger partial charge in [-0.15, -0.1) is 0 Å². The molecular formula is C34H68. The summed E-state index contributed by atoms with van der Waals surface area (Å²) in [5, 5.41) is 0. The molecule has 0 saturated heterocycles. The molecule has 0 heteroatoms. The van der Waals surface area contributed by atoms with Crippen molar-refractivity contribution in [3.05, 3.63) is 0 Å². The number of hydrogen-bond donors (Lipinski definition) is 0. The van der Waals surface area contributed by atoms with E-state index in [-0.39, 0.29) is 0 Å². The van der Waals surface area contributed by atoms with Crippen LogP contribution in [0.25, 0.3) is 0 Å². The Morgan fingerprint density at radius 3 is 0.118 bits per heavy atom. The molecule has 0 aliphatic heterocycles. The minimum absolute atomic E-state index is 1.50. The van der Waals surface area contributed by atoms with Gasteiger partial charge in [0.15, 0.2) is 0 Å². The summed E-state index contributed by atoms with van der Waals surface area (Å²) < 4.78 is 0. The van der Waals surface area contributed by atoms with Crippen molar-refractivity contribution in [2.45, 2.75) is 218 Å². The normalized spacial score (nSPS) is 24.0. The first-order valence-corrected chi connectivity index (χ1v) is 17.0. The highest BCUT2D eigenvalue weighted by molar-refractivity contribution is 4.53. The van der Waals surface area contributed by atoms with Gasteiger partial charge in [0.25, 0.3) is 0 Å². The topological polar surface area (TPSA) is 0 Å². The Kier molecular flexibility index (Phi) is 27.5. The van der Waals surface area contributed by atoms with Gasteiger partial charge in [0.2, 0.25) is 0 Å². The van der Waals surface area contributed by atoms with E-state index in [1.54, 1.807) is 0 Å². The molecule has 0 bridgehead atoms. The molecule has 1 aliphatic rings. The van der Waals surface area contributed by atoms with E-state index >= 15 is 0 Å². The molecule has 0 nitrogen and oxygen atoms in total. The zero-order valence-electron chi connectivity index (χ0n) is 24.0. The molecular weight excluding hydrogens is 408 g/mol. The molecule has 0 atom stereocenters. The first-order valence-electron chi connectivity index (χ1n) is 17.0. The largest absolute Gasteiger partial charge is 0.0533 e. The van der Waals surface area contributed by atoms with Crippen molar-refractivity contribution >= 4 is 0 Å². The van der Waals surface area contributed by atoms with Crippen LogP contribution >= 0.6 is 0 Å². The molecule has 0 aromatic carbocycles. The number of rotatable bonds is 0. The van der Waals surface area contributed by atoms with Crippen molar-refractivity contribution in [3.63, 3.8) is 0 Å². The average Bonchev–Trinajstić information content (AvgIpc) is 2.85. The summed E-state index contributed by atoms with van der Waals surface area (Å²) in [5.41, 5.74) is 0. The summed E-state index contributed by atoms with van der Waals surface area (Å²) in [5.74, 6) is 0. The predicted octanol–water partition coefficient (Wildman–Crippen LogP) is 13.3. The Hall–Kier alpha value is 0. The third kappa shape index (κ3) is 26.6. The first kappa shape index (κ1) is 32.0. The molecule has 0 aromatic rings. The average molecular weight is 477 g/mol. The van der Waals surface area contributed by atoms with E-state index in [4.69, 9.17) is 0 Å². The lowest BCUT2D eigenvalue weighted by Gasteiger charge is -2.05. The smallest absolute Gasteiger partial charge is 0.0533 e. The highest BCUT2D eigenvalue weighted by Gasteiger charge is 1.98. The van der Waals surface area contributed by atoms with Crippen molar-refractivity contribution in [2.24, 2.45) is 0 Å².